The average molecular weight is 442 g/mol. The number of benzene rings is 1. The van der Waals surface area contributed by atoms with Gasteiger partial charge >= 0.3 is 0 Å². The second-order valence-electron chi connectivity index (χ2n) is 7.33. The molecule has 0 aliphatic rings. The van der Waals surface area contributed by atoms with Crippen molar-refractivity contribution in [2.24, 2.45) is 0 Å². The van der Waals surface area contributed by atoms with Crippen LogP contribution >= 0.6 is 23.1 Å². The van der Waals surface area contributed by atoms with Gasteiger partial charge in [-0.15, -0.1) is 17.9 Å². The van der Waals surface area contributed by atoms with E-state index in [-0.39, 0.29) is 11.5 Å². The quantitative estimate of drug-likeness (QED) is 0.220. The molecule has 7 heteroatoms. The number of fused-ring (bicyclic) bond motifs is 1. The van der Waals surface area contributed by atoms with E-state index in [0.717, 1.165) is 32.1 Å². The number of aromatic nitrogens is 2. The number of allylic oxidation sites excluding steroid dienone is 1. The molecule has 158 valence electrons. The van der Waals surface area contributed by atoms with Gasteiger partial charge in [0.25, 0.3) is 5.56 Å². The summed E-state index contributed by atoms with van der Waals surface area (Å²) in [6.07, 6.45) is 2.84. The normalized spacial score (nSPS) is 11.1. The molecule has 3 aromatic rings. The van der Waals surface area contributed by atoms with E-state index in [2.05, 4.69) is 11.9 Å². The van der Waals surface area contributed by atoms with Crippen LogP contribution in [0.3, 0.4) is 0 Å². The Morgan fingerprint density at radius 3 is 2.63 bits per heavy atom. The molecule has 0 unspecified atom stereocenters. The Balaban J connectivity index is 1.67. The lowest BCUT2D eigenvalue weighted by Gasteiger charge is -2.12. The Bertz CT molecular complexity index is 1140. The molecule has 0 aliphatic heterocycles. The number of thioether (sulfide) groups is 1. The number of amides is 1. The molecule has 0 atom stereocenters. The minimum atomic E-state index is -0.0166. The number of carbonyl (C=O) groups is 1. The Hall–Kier alpha value is -2.38. The second kappa shape index (κ2) is 9.62. The predicted octanol–water partition coefficient (Wildman–Crippen LogP) is 5.39. The SMILES string of the molecule is C=CCn1c(SCCCC(=O)Nc2c(C)cccc2C)nc2sc(C)c(C)c2c1=O. The van der Waals surface area contributed by atoms with Crippen molar-refractivity contribution in [3.63, 3.8) is 0 Å². The number of hydrogen-bond donors (Lipinski definition) is 1. The molecule has 0 bridgehead atoms. The molecule has 0 saturated carbocycles. The van der Waals surface area contributed by atoms with Gasteiger partial charge in [-0.05, 0) is 50.8 Å². The maximum atomic E-state index is 13.0. The van der Waals surface area contributed by atoms with Crippen LogP contribution in [-0.4, -0.2) is 21.2 Å². The van der Waals surface area contributed by atoms with Crippen molar-refractivity contribution in [1.82, 2.24) is 9.55 Å². The lowest BCUT2D eigenvalue weighted by molar-refractivity contribution is -0.116. The largest absolute Gasteiger partial charge is 0.326 e. The molecule has 1 aromatic carbocycles. The van der Waals surface area contributed by atoms with E-state index in [1.54, 1.807) is 22.0 Å². The van der Waals surface area contributed by atoms with Gasteiger partial charge in [0.15, 0.2) is 5.16 Å². The molecule has 0 fully saturated rings. The minimum absolute atomic E-state index is 0.00407. The summed E-state index contributed by atoms with van der Waals surface area (Å²) >= 11 is 3.07. The Kier molecular flexibility index (Phi) is 7.15. The third kappa shape index (κ3) is 4.68. The zero-order chi connectivity index (χ0) is 21.8. The molecule has 2 heterocycles. The van der Waals surface area contributed by atoms with Crippen molar-refractivity contribution in [3.05, 3.63) is 62.8 Å². The number of aryl methyl sites for hydroxylation is 4. The fourth-order valence-electron chi connectivity index (χ4n) is 3.32. The summed E-state index contributed by atoms with van der Waals surface area (Å²) in [6.45, 7) is 12.2. The summed E-state index contributed by atoms with van der Waals surface area (Å²) in [4.78, 5) is 32.0. The van der Waals surface area contributed by atoms with E-state index in [1.165, 1.54) is 11.8 Å². The van der Waals surface area contributed by atoms with Crippen LogP contribution in [0, 0.1) is 27.7 Å². The number of rotatable bonds is 8. The number of nitrogens with one attached hydrogen (secondary N) is 1. The van der Waals surface area contributed by atoms with Gasteiger partial charge in [0.2, 0.25) is 5.91 Å². The van der Waals surface area contributed by atoms with Gasteiger partial charge in [-0.25, -0.2) is 4.98 Å². The van der Waals surface area contributed by atoms with Crippen LogP contribution < -0.4 is 10.9 Å². The first-order valence-electron chi connectivity index (χ1n) is 9.93. The van der Waals surface area contributed by atoms with Crippen molar-refractivity contribution in [3.8, 4) is 0 Å². The third-order valence-corrected chi connectivity index (χ3v) is 7.25. The smallest absolute Gasteiger partial charge is 0.263 e. The molecular formula is C23H27N3O2S2. The zero-order valence-electron chi connectivity index (χ0n) is 17.9. The van der Waals surface area contributed by atoms with Crippen LogP contribution in [0.2, 0.25) is 0 Å². The van der Waals surface area contributed by atoms with Gasteiger partial charge in [0.05, 0.1) is 5.39 Å². The van der Waals surface area contributed by atoms with E-state index in [1.807, 2.05) is 45.9 Å². The highest BCUT2D eigenvalue weighted by molar-refractivity contribution is 7.99. The van der Waals surface area contributed by atoms with Crippen LogP contribution in [0.15, 0.2) is 40.8 Å². The summed E-state index contributed by atoms with van der Waals surface area (Å²) in [7, 11) is 0. The van der Waals surface area contributed by atoms with E-state index in [4.69, 9.17) is 4.98 Å². The summed E-state index contributed by atoms with van der Waals surface area (Å²) in [5, 5.41) is 4.41. The van der Waals surface area contributed by atoms with Crippen molar-refractivity contribution in [2.45, 2.75) is 52.2 Å². The lowest BCUT2D eigenvalue weighted by atomic mass is 10.1. The molecule has 0 spiro atoms. The Morgan fingerprint density at radius 1 is 1.27 bits per heavy atom. The molecule has 0 aliphatic carbocycles. The highest BCUT2D eigenvalue weighted by atomic mass is 32.2. The highest BCUT2D eigenvalue weighted by Crippen LogP contribution is 2.28. The van der Waals surface area contributed by atoms with Gasteiger partial charge in [0.1, 0.15) is 4.83 Å². The lowest BCUT2D eigenvalue weighted by Crippen LogP contribution is -2.22. The van der Waals surface area contributed by atoms with Crippen molar-refractivity contribution in [1.29, 1.82) is 0 Å². The molecule has 0 radical (unpaired) electrons. The van der Waals surface area contributed by atoms with Crippen LogP contribution in [0.4, 0.5) is 5.69 Å². The molecule has 3 rings (SSSR count). The van der Waals surface area contributed by atoms with Crippen molar-refractivity contribution >= 4 is 44.9 Å². The minimum Gasteiger partial charge on any atom is -0.326 e. The van der Waals surface area contributed by atoms with Gasteiger partial charge in [0, 0.05) is 29.3 Å². The number of carbonyl (C=O) groups excluding carboxylic acids is 1. The van der Waals surface area contributed by atoms with Crippen LogP contribution in [0.5, 0.6) is 0 Å². The van der Waals surface area contributed by atoms with Crippen molar-refractivity contribution in [2.75, 3.05) is 11.1 Å². The van der Waals surface area contributed by atoms with Gasteiger partial charge in [-0.2, -0.15) is 0 Å². The molecule has 1 N–H and O–H groups in total. The molecule has 2 aromatic heterocycles. The monoisotopic (exact) mass is 441 g/mol. The maximum absolute atomic E-state index is 13.0. The molecule has 5 nitrogen and oxygen atoms in total. The van der Waals surface area contributed by atoms with E-state index in [0.29, 0.717) is 35.7 Å². The molecule has 1 amide bonds. The number of anilines is 1. The fraction of sp³-hybridized carbons (Fsp3) is 0.348. The molecular weight excluding hydrogens is 414 g/mol. The molecule has 30 heavy (non-hydrogen) atoms. The highest BCUT2D eigenvalue weighted by Gasteiger charge is 2.16. The van der Waals surface area contributed by atoms with Crippen LogP contribution in [0.25, 0.3) is 10.2 Å². The Labute approximate surface area is 185 Å². The van der Waals surface area contributed by atoms with Crippen molar-refractivity contribution < 1.29 is 4.79 Å². The number of thiophene rings is 1. The fourth-order valence-corrected chi connectivity index (χ4v) is 5.34. The summed E-state index contributed by atoms with van der Waals surface area (Å²) in [5.41, 5.74) is 4.00. The summed E-state index contributed by atoms with van der Waals surface area (Å²) < 4.78 is 1.68. The first-order chi connectivity index (χ1) is 14.3. The molecule has 0 saturated heterocycles. The van der Waals surface area contributed by atoms with E-state index < -0.39 is 0 Å². The topological polar surface area (TPSA) is 64.0 Å². The number of hydrogen-bond acceptors (Lipinski definition) is 5. The maximum Gasteiger partial charge on any atom is 0.263 e. The van der Waals surface area contributed by atoms with Crippen LogP contribution in [0.1, 0.15) is 34.4 Å². The van der Waals surface area contributed by atoms with Crippen LogP contribution in [-0.2, 0) is 11.3 Å². The van der Waals surface area contributed by atoms with E-state index >= 15 is 0 Å². The Morgan fingerprint density at radius 2 is 1.97 bits per heavy atom. The predicted molar refractivity (Wildman–Crippen MR) is 128 cm³/mol. The standard InChI is InChI=1S/C23H27N3O2S2/c1-6-12-26-22(28)19-16(4)17(5)30-21(19)25-23(26)29-13-8-11-18(27)24-20-14(2)9-7-10-15(20)3/h6-7,9-10H,1,8,11-13H2,2-5H3,(H,24,27). The zero-order valence-corrected chi connectivity index (χ0v) is 19.5. The third-order valence-electron chi connectivity index (χ3n) is 5.09. The first-order valence-corrected chi connectivity index (χ1v) is 11.7. The number of para-hydroxylation sites is 1. The summed E-state index contributed by atoms with van der Waals surface area (Å²) in [5.74, 6) is 0.711. The average Bonchev–Trinajstić information content (AvgIpc) is 2.98. The van der Waals surface area contributed by atoms with Gasteiger partial charge in [-0.1, -0.05) is 36.0 Å². The van der Waals surface area contributed by atoms with Gasteiger partial charge in [-0.3, -0.25) is 14.2 Å². The summed E-state index contributed by atoms with van der Waals surface area (Å²) in [6, 6.07) is 5.97. The number of nitrogens with zero attached hydrogens (tertiary/aromatic N) is 2. The van der Waals surface area contributed by atoms with E-state index in [9.17, 15) is 9.59 Å². The second-order valence-corrected chi connectivity index (χ2v) is 9.59. The van der Waals surface area contributed by atoms with Gasteiger partial charge < -0.3 is 5.32 Å². The first kappa shape index (κ1) is 22.3.